The Morgan fingerprint density at radius 1 is 1.12 bits per heavy atom. The Bertz CT molecular complexity index is 745. The van der Waals surface area contributed by atoms with Gasteiger partial charge in [-0.15, -0.1) is 0 Å². The first kappa shape index (κ1) is 17.3. The molecule has 0 N–H and O–H groups in total. The fourth-order valence-electron chi connectivity index (χ4n) is 4.35. The highest BCUT2D eigenvalue weighted by molar-refractivity contribution is 7.89. The predicted octanol–water partition coefficient (Wildman–Crippen LogP) is 2.50. The molecule has 1 aromatic rings. The third-order valence-corrected chi connectivity index (χ3v) is 7.81. The van der Waals surface area contributed by atoms with Crippen molar-refractivity contribution in [2.24, 2.45) is 11.8 Å². The van der Waals surface area contributed by atoms with Crippen LogP contribution in [0, 0.1) is 18.8 Å². The lowest BCUT2D eigenvalue weighted by Gasteiger charge is -2.36. The van der Waals surface area contributed by atoms with Gasteiger partial charge in [-0.25, -0.2) is 8.42 Å². The Hall–Kier alpha value is -1.11. The minimum absolute atomic E-state index is 0.383. The molecule has 2 bridgehead atoms. The van der Waals surface area contributed by atoms with Crippen LogP contribution in [0.3, 0.4) is 0 Å². The molecule has 0 spiro atoms. The highest BCUT2D eigenvalue weighted by Crippen LogP contribution is 2.36. The zero-order chi connectivity index (χ0) is 17.6. The molecule has 1 aliphatic carbocycles. The molecular formula is C19H28N2O3S. The van der Waals surface area contributed by atoms with Gasteiger partial charge in [0.15, 0.2) is 0 Å². The van der Waals surface area contributed by atoms with Gasteiger partial charge in [-0.2, -0.15) is 4.31 Å². The van der Waals surface area contributed by atoms with Crippen molar-refractivity contribution in [3.05, 3.63) is 23.8 Å². The number of benzene rings is 1. The molecule has 1 saturated carbocycles. The molecule has 0 aromatic heterocycles. The quantitative estimate of drug-likeness (QED) is 0.805. The van der Waals surface area contributed by atoms with E-state index in [0.29, 0.717) is 29.9 Å². The summed E-state index contributed by atoms with van der Waals surface area (Å²) in [5.41, 5.74) is 0.858. The molecular weight excluding hydrogens is 336 g/mol. The van der Waals surface area contributed by atoms with Crippen LogP contribution in [0.2, 0.25) is 0 Å². The first-order valence-corrected chi connectivity index (χ1v) is 10.8. The summed E-state index contributed by atoms with van der Waals surface area (Å²) in [5, 5.41) is 0. The topological polar surface area (TPSA) is 49.9 Å². The van der Waals surface area contributed by atoms with Gasteiger partial charge in [0, 0.05) is 32.2 Å². The smallest absolute Gasteiger partial charge is 0.243 e. The zero-order valence-electron chi connectivity index (χ0n) is 15.1. The van der Waals surface area contributed by atoms with Gasteiger partial charge in [-0.3, -0.25) is 4.90 Å². The van der Waals surface area contributed by atoms with Crippen molar-refractivity contribution < 1.29 is 13.2 Å². The Morgan fingerprint density at radius 3 is 2.60 bits per heavy atom. The van der Waals surface area contributed by atoms with Crippen LogP contribution >= 0.6 is 0 Å². The summed E-state index contributed by atoms with van der Waals surface area (Å²) in [6.45, 7) is 5.41. The molecule has 0 amide bonds. The average molecular weight is 365 g/mol. The molecule has 25 heavy (non-hydrogen) atoms. The van der Waals surface area contributed by atoms with Gasteiger partial charge < -0.3 is 4.74 Å². The summed E-state index contributed by atoms with van der Waals surface area (Å²) >= 11 is 0. The summed E-state index contributed by atoms with van der Waals surface area (Å²) < 4.78 is 33.4. The standard InChI is InChI=1S/C19H28N2O3S/c1-14-9-18(7-8-19(14)24-2)25(22,23)21-12-16-5-6-17(13-21)20(11-16)10-15-3-4-15/h7-9,15-17H,3-6,10-13H2,1-2H3/t16-,17-/m0/s1. The van der Waals surface area contributed by atoms with Crippen molar-refractivity contribution in [3.63, 3.8) is 0 Å². The average Bonchev–Trinajstić information content (AvgIpc) is 3.42. The first-order valence-electron chi connectivity index (χ1n) is 9.36. The Labute approximate surface area is 151 Å². The van der Waals surface area contributed by atoms with Crippen molar-refractivity contribution in [2.45, 2.75) is 43.5 Å². The second-order valence-corrected chi connectivity index (χ2v) is 9.89. The lowest BCUT2D eigenvalue weighted by molar-refractivity contribution is 0.127. The number of nitrogens with zero attached hydrogens (tertiary/aromatic N) is 2. The minimum Gasteiger partial charge on any atom is -0.496 e. The van der Waals surface area contributed by atoms with Crippen molar-refractivity contribution in [3.8, 4) is 5.75 Å². The molecule has 5 nitrogen and oxygen atoms in total. The van der Waals surface area contributed by atoms with Gasteiger partial charge in [0.1, 0.15) is 5.75 Å². The van der Waals surface area contributed by atoms with E-state index in [9.17, 15) is 8.42 Å². The number of fused-ring (bicyclic) bond motifs is 4. The maximum Gasteiger partial charge on any atom is 0.243 e. The van der Waals surface area contributed by atoms with E-state index in [4.69, 9.17) is 4.74 Å². The van der Waals surface area contributed by atoms with E-state index >= 15 is 0 Å². The van der Waals surface area contributed by atoms with Crippen molar-refractivity contribution in [2.75, 3.05) is 33.3 Å². The first-order chi connectivity index (χ1) is 12.0. The second-order valence-electron chi connectivity index (χ2n) is 7.95. The zero-order valence-corrected chi connectivity index (χ0v) is 16.0. The molecule has 6 heteroatoms. The normalized spacial score (nSPS) is 28.1. The van der Waals surface area contributed by atoms with Gasteiger partial charge in [0.25, 0.3) is 0 Å². The molecule has 3 saturated heterocycles. The Balaban J connectivity index is 1.57. The maximum absolute atomic E-state index is 13.2. The lowest BCUT2D eigenvalue weighted by atomic mass is 9.95. The molecule has 5 rings (SSSR count). The molecule has 0 unspecified atom stereocenters. The van der Waals surface area contributed by atoms with Crippen LogP contribution in [0.5, 0.6) is 5.75 Å². The lowest BCUT2D eigenvalue weighted by Crippen LogP contribution is -2.45. The summed E-state index contributed by atoms with van der Waals surface area (Å²) in [5.74, 6) is 2.05. The molecule has 138 valence electrons. The highest BCUT2D eigenvalue weighted by atomic mass is 32.2. The van der Waals surface area contributed by atoms with Crippen LogP contribution in [-0.4, -0.2) is 57.0 Å². The number of methoxy groups -OCH3 is 1. The number of piperidine rings is 1. The monoisotopic (exact) mass is 364 g/mol. The van der Waals surface area contributed by atoms with Gasteiger partial charge in [0.05, 0.1) is 12.0 Å². The molecule has 0 radical (unpaired) electrons. The van der Waals surface area contributed by atoms with Gasteiger partial charge in [-0.05, 0) is 68.2 Å². The van der Waals surface area contributed by atoms with E-state index in [1.54, 1.807) is 29.6 Å². The summed E-state index contributed by atoms with van der Waals surface area (Å²) in [4.78, 5) is 2.96. The van der Waals surface area contributed by atoms with Crippen LogP contribution < -0.4 is 4.74 Å². The minimum atomic E-state index is -3.44. The number of aryl methyl sites for hydroxylation is 1. The summed E-state index contributed by atoms with van der Waals surface area (Å²) in [6.07, 6.45) is 4.98. The van der Waals surface area contributed by atoms with E-state index in [-0.39, 0.29) is 0 Å². The van der Waals surface area contributed by atoms with Gasteiger partial charge in [-0.1, -0.05) is 0 Å². The number of hydrogen-bond acceptors (Lipinski definition) is 4. The largest absolute Gasteiger partial charge is 0.496 e. The van der Waals surface area contributed by atoms with Crippen LogP contribution in [0.25, 0.3) is 0 Å². The van der Waals surface area contributed by atoms with E-state index in [1.807, 2.05) is 6.92 Å². The van der Waals surface area contributed by atoms with E-state index in [0.717, 1.165) is 43.2 Å². The molecule has 4 fully saturated rings. The molecule has 3 aliphatic heterocycles. The second kappa shape index (κ2) is 6.56. The molecule has 3 heterocycles. The van der Waals surface area contributed by atoms with Crippen LogP contribution in [-0.2, 0) is 10.0 Å². The van der Waals surface area contributed by atoms with E-state index in [2.05, 4.69) is 4.90 Å². The highest BCUT2D eigenvalue weighted by Gasteiger charge is 2.40. The fourth-order valence-corrected chi connectivity index (χ4v) is 5.99. The van der Waals surface area contributed by atoms with Crippen molar-refractivity contribution in [1.82, 2.24) is 9.21 Å². The van der Waals surface area contributed by atoms with E-state index < -0.39 is 10.0 Å². The van der Waals surface area contributed by atoms with Gasteiger partial charge in [0.2, 0.25) is 10.0 Å². The SMILES string of the molecule is COc1ccc(S(=O)(=O)N2C[C@H]3CC[C@@H](C2)N(CC2CC2)C3)cc1C. The maximum atomic E-state index is 13.2. The molecule has 4 aliphatic rings. The number of rotatable bonds is 5. The summed E-state index contributed by atoms with van der Waals surface area (Å²) in [6, 6.07) is 5.56. The van der Waals surface area contributed by atoms with Crippen LogP contribution in [0.15, 0.2) is 23.1 Å². The van der Waals surface area contributed by atoms with Crippen molar-refractivity contribution in [1.29, 1.82) is 0 Å². The summed E-state index contributed by atoms with van der Waals surface area (Å²) in [7, 11) is -1.84. The van der Waals surface area contributed by atoms with Crippen molar-refractivity contribution >= 4 is 10.0 Å². The van der Waals surface area contributed by atoms with E-state index in [1.165, 1.54) is 12.8 Å². The number of sulfonamides is 1. The number of hydrogen-bond donors (Lipinski definition) is 0. The third kappa shape index (κ3) is 3.44. The predicted molar refractivity (Wildman–Crippen MR) is 97.3 cm³/mol. The Kier molecular flexibility index (Phi) is 4.54. The number of ether oxygens (including phenoxy) is 1. The van der Waals surface area contributed by atoms with Gasteiger partial charge >= 0.3 is 0 Å². The van der Waals surface area contributed by atoms with Crippen LogP contribution in [0.1, 0.15) is 31.2 Å². The third-order valence-electron chi connectivity index (χ3n) is 5.99. The Morgan fingerprint density at radius 2 is 1.92 bits per heavy atom. The van der Waals surface area contributed by atoms with Crippen LogP contribution in [0.4, 0.5) is 0 Å². The fraction of sp³-hybridized carbons (Fsp3) is 0.684. The molecule has 1 aromatic carbocycles. The molecule has 2 atom stereocenters.